The van der Waals surface area contributed by atoms with Gasteiger partial charge < -0.3 is 20.8 Å². The highest BCUT2D eigenvalue weighted by atomic mass is 35.5. The van der Waals surface area contributed by atoms with Crippen LogP contribution in [0.1, 0.15) is 63.7 Å². The van der Waals surface area contributed by atoms with Crippen LogP contribution in [-0.4, -0.2) is 37.7 Å². The number of anilines is 1. The molecule has 3 aromatic rings. The number of hydrogen-bond donors (Lipinski definition) is 4. The summed E-state index contributed by atoms with van der Waals surface area (Å²) >= 11 is 12.9. The van der Waals surface area contributed by atoms with E-state index in [4.69, 9.17) is 28.3 Å². The first-order valence-electron chi connectivity index (χ1n) is 10.7. The van der Waals surface area contributed by atoms with E-state index in [1.807, 2.05) is 0 Å². The summed E-state index contributed by atoms with van der Waals surface area (Å²) in [5, 5.41) is 24.5. The number of aromatic nitrogens is 3. The van der Waals surface area contributed by atoms with E-state index in [1.54, 1.807) is 6.92 Å². The molecule has 2 atom stereocenters. The summed E-state index contributed by atoms with van der Waals surface area (Å²) in [5.41, 5.74) is -0.935. The topological polar surface area (TPSA) is 120 Å². The minimum absolute atomic E-state index is 0.00338. The lowest BCUT2D eigenvalue weighted by Gasteiger charge is -2.15. The van der Waals surface area contributed by atoms with Crippen LogP contribution in [0.3, 0.4) is 0 Å². The lowest BCUT2D eigenvalue weighted by molar-refractivity contribution is -0.137. The molecule has 1 amide bonds. The van der Waals surface area contributed by atoms with E-state index in [2.05, 4.69) is 37.4 Å². The fourth-order valence-electron chi connectivity index (χ4n) is 2.94. The second-order valence-electron chi connectivity index (χ2n) is 7.55. The fourth-order valence-corrected chi connectivity index (χ4v) is 4.26. The molecule has 1 aromatic carbocycles. The molecule has 3 rings (SSSR count). The number of carbonyl (C=O) groups is 1. The Bertz CT molecular complexity index is 1330. The molecule has 0 aliphatic heterocycles. The summed E-state index contributed by atoms with van der Waals surface area (Å²) in [7, 11) is 0. The number of carbonyl (C=O) groups excluding carboxylic acids is 1. The van der Waals surface area contributed by atoms with Crippen LogP contribution < -0.4 is 10.6 Å². The van der Waals surface area contributed by atoms with Crippen molar-refractivity contribution in [2.75, 3.05) is 11.9 Å². The highest BCUT2D eigenvalue weighted by Crippen LogP contribution is 2.37. The maximum atomic E-state index is 13.1. The molecule has 2 heterocycles. The predicted octanol–water partition coefficient (Wildman–Crippen LogP) is 4.98. The zero-order valence-electron chi connectivity index (χ0n) is 19.1. The third-order valence-electron chi connectivity index (χ3n) is 4.78. The first-order chi connectivity index (χ1) is 17.5. The van der Waals surface area contributed by atoms with E-state index in [1.165, 1.54) is 12.3 Å². The van der Waals surface area contributed by atoms with Crippen LogP contribution in [0.2, 0.25) is 10.0 Å². The van der Waals surface area contributed by atoms with Gasteiger partial charge in [-0.2, -0.15) is 13.2 Å². The number of hydrogen-bond acceptors (Lipinski definition) is 8. The van der Waals surface area contributed by atoms with Crippen LogP contribution in [0.25, 0.3) is 0 Å². The number of benzene rings is 1. The first-order valence-corrected chi connectivity index (χ1v) is 12.3. The minimum atomic E-state index is -4.65. The molecular weight excluding hydrogens is 554 g/mol. The number of amides is 1. The average molecular weight is 574 g/mol. The third-order valence-corrected chi connectivity index (χ3v) is 6.70. The fraction of sp³-hybridized carbons (Fsp3) is 0.304. The van der Waals surface area contributed by atoms with Crippen molar-refractivity contribution in [3.63, 3.8) is 0 Å². The van der Waals surface area contributed by atoms with Crippen LogP contribution >= 0.6 is 34.5 Å². The monoisotopic (exact) mass is 573 g/mol. The standard InChI is InChI=1S/C23H20Cl2F3N5O3S/c1-12(32-21(36)19-18(25)16(30-11-31-19)5-3-2-4-8-34)22-29-10-17(37-22)20(35)33-13-6-7-15(24)14(9-13)23(26,27)28/h6-7,9-12,20,33-35H,2,4,8H2,1H3,(H,32,36)/t12-,20?/m1/s1. The van der Waals surface area contributed by atoms with Crippen molar-refractivity contribution in [1.82, 2.24) is 20.3 Å². The summed E-state index contributed by atoms with van der Waals surface area (Å²) in [6.07, 6.45) is -2.58. The molecular formula is C23H20Cl2F3N5O3S. The third kappa shape index (κ3) is 7.53. The number of nitrogens with one attached hydrogen (secondary N) is 2. The molecule has 2 aromatic heterocycles. The van der Waals surface area contributed by atoms with Gasteiger partial charge in [0.2, 0.25) is 0 Å². The first kappa shape index (κ1) is 28.6. The van der Waals surface area contributed by atoms with Gasteiger partial charge >= 0.3 is 6.18 Å². The number of alkyl halides is 3. The summed E-state index contributed by atoms with van der Waals surface area (Å²) in [4.78, 5) is 25.1. The van der Waals surface area contributed by atoms with Crippen molar-refractivity contribution in [3.8, 4) is 11.8 Å². The van der Waals surface area contributed by atoms with Gasteiger partial charge in [0.15, 0.2) is 11.9 Å². The summed E-state index contributed by atoms with van der Waals surface area (Å²) in [6.45, 7) is 1.66. The van der Waals surface area contributed by atoms with Crippen LogP contribution in [0.5, 0.6) is 0 Å². The Morgan fingerprint density at radius 2 is 2.00 bits per heavy atom. The lowest BCUT2D eigenvalue weighted by atomic mass is 10.2. The van der Waals surface area contributed by atoms with Crippen LogP contribution in [0, 0.1) is 11.8 Å². The van der Waals surface area contributed by atoms with E-state index in [0.717, 1.165) is 29.8 Å². The van der Waals surface area contributed by atoms with Gasteiger partial charge in [-0.15, -0.1) is 11.3 Å². The van der Waals surface area contributed by atoms with Crippen molar-refractivity contribution < 1.29 is 28.2 Å². The van der Waals surface area contributed by atoms with Crippen molar-refractivity contribution in [1.29, 1.82) is 0 Å². The summed E-state index contributed by atoms with van der Waals surface area (Å²) in [6, 6.07) is 2.57. The molecule has 196 valence electrons. The quantitative estimate of drug-likeness (QED) is 0.170. The molecule has 0 saturated carbocycles. The predicted molar refractivity (Wildman–Crippen MR) is 133 cm³/mol. The number of rotatable bonds is 8. The number of aliphatic hydroxyl groups is 2. The molecule has 1 unspecified atom stereocenters. The zero-order chi connectivity index (χ0) is 27.2. The smallest absolute Gasteiger partial charge is 0.396 e. The molecule has 0 aliphatic rings. The molecule has 0 aliphatic carbocycles. The Kier molecular flexibility index (Phi) is 9.69. The minimum Gasteiger partial charge on any atom is -0.396 e. The molecule has 4 N–H and O–H groups in total. The highest BCUT2D eigenvalue weighted by Gasteiger charge is 2.33. The van der Waals surface area contributed by atoms with Crippen LogP contribution in [0.15, 0.2) is 30.7 Å². The molecule has 8 nitrogen and oxygen atoms in total. The van der Waals surface area contributed by atoms with Gasteiger partial charge in [0.1, 0.15) is 22.1 Å². The number of unbranched alkanes of at least 4 members (excludes halogenated alkanes) is 1. The van der Waals surface area contributed by atoms with Crippen LogP contribution in [-0.2, 0) is 6.18 Å². The maximum absolute atomic E-state index is 13.1. The number of aliphatic hydroxyl groups excluding tert-OH is 2. The van der Waals surface area contributed by atoms with E-state index in [9.17, 15) is 23.1 Å². The van der Waals surface area contributed by atoms with Crippen molar-refractivity contribution in [3.05, 3.63) is 67.6 Å². The van der Waals surface area contributed by atoms with E-state index in [-0.39, 0.29) is 28.7 Å². The second kappa shape index (κ2) is 12.5. The van der Waals surface area contributed by atoms with E-state index < -0.39 is 34.9 Å². The van der Waals surface area contributed by atoms with Gasteiger partial charge in [0, 0.05) is 24.9 Å². The lowest BCUT2D eigenvalue weighted by Crippen LogP contribution is -2.28. The number of halogens is 5. The molecule has 0 bridgehead atoms. The van der Waals surface area contributed by atoms with Gasteiger partial charge in [-0.3, -0.25) is 4.79 Å². The van der Waals surface area contributed by atoms with Crippen molar-refractivity contribution >= 4 is 46.1 Å². The Balaban J connectivity index is 1.68. The van der Waals surface area contributed by atoms with Crippen molar-refractivity contribution in [2.45, 2.75) is 38.2 Å². The maximum Gasteiger partial charge on any atom is 0.417 e. The Labute approximate surface area is 223 Å². The van der Waals surface area contributed by atoms with E-state index >= 15 is 0 Å². The van der Waals surface area contributed by atoms with Gasteiger partial charge in [-0.1, -0.05) is 29.1 Å². The highest BCUT2D eigenvalue weighted by molar-refractivity contribution is 7.11. The molecule has 14 heteroatoms. The summed E-state index contributed by atoms with van der Waals surface area (Å²) in [5.74, 6) is 4.94. The number of thiazole rings is 1. The number of nitrogens with zero attached hydrogens (tertiary/aromatic N) is 3. The molecule has 37 heavy (non-hydrogen) atoms. The van der Waals surface area contributed by atoms with Gasteiger partial charge in [0.25, 0.3) is 5.91 Å². The Morgan fingerprint density at radius 1 is 1.24 bits per heavy atom. The van der Waals surface area contributed by atoms with E-state index in [0.29, 0.717) is 22.7 Å². The van der Waals surface area contributed by atoms with Gasteiger partial charge in [-0.25, -0.2) is 15.0 Å². The molecule has 0 fully saturated rings. The van der Waals surface area contributed by atoms with Crippen molar-refractivity contribution in [2.24, 2.45) is 0 Å². The SMILES string of the molecule is C[C@@H](NC(=O)c1ncnc(C#CCCCO)c1Cl)c1ncc(C(O)Nc2ccc(Cl)c(C(F)(F)F)c2)s1. The Hall–Kier alpha value is -2.95. The molecule has 0 radical (unpaired) electrons. The molecule has 0 spiro atoms. The Morgan fingerprint density at radius 3 is 2.70 bits per heavy atom. The second-order valence-corrected chi connectivity index (χ2v) is 9.43. The average Bonchev–Trinajstić information content (AvgIpc) is 3.34. The van der Waals surface area contributed by atoms with Gasteiger partial charge in [0.05, 0.1) is 21.5 Å². The largest absolute Gasteiger partial charge is 0.417 e. The van der Waals surface area contributed by atoms with Crippen LogP contribution in [0.4, 0.5) is 18.9 Å². The molecule has 0 saturated heterocycles. The van der Waals surface area contributed by atoms with Gasteiger partial charge in [-0.05, 0) is 37.5 Å². The summed E-state index contributed by atoms with van der Waals surface area (Å²) < 4.78 is 39.3. The normalized spacial score (nSPS) is 12.9. The zero-order valence-corrected chi connectivity index (χ0v) is 21.4.